The topological polar surface area (TPSA) is 6.48 Å². The van der Waals surface area contributed by atoms with E-state index in [1.165, 1.54) is 66.1 Å². The fourth-order valence-electron chi connectivity index (χ4n) is 11.7. The molecule has 2 heteroatoms. The van der Waals surface area contributed by atoms with Gasteiger partial charge in [-0.05, 0) is 91.7 Å². The van der Waals surface area contributed by atoms with Crippen molar-refractivity contribution < 1.29 is 0 Å². The predicted octanol–water partition coefficient (Wildman–Crippen LogP) is 16.3. The van der Waals surface area contributed by atoms with Crippen LogP contribution in [0.4, 0.5) is 34.1 Å². The molecule has 11 aromatic carbocycles. The molecule has 0 saturated heterocycles. The molecule has 11 aromatic rings. The van der Waals surface area contributed by atoms with Crippen LogP contribution in [0.2, 0.25) is 0 Å². The van der Waals surface area contributed by atoms with Crippen molar-refractivity contribution in [3.63, 3.8) is 0 Å². The van der Waals surface area contributed by atoms with E-state index in [0.717, 1.165) is 34.1 Å². The summed E-state index contributed by atoms with van der Waals surface area (Å²) in [4.78, 5) is 5.14. The Morgan fingerprint density at radius 3 is 0.879 bits per heavy atom. The molecule has 0 fully saturated rings. The highest BCUT2D eigenvalue weighted by atomic mass is 15.2. The minimum Gasteiger partial charge on any atom is -0.309 e. The van der Waals surface area contributed by atoms with Crippen LogP contribution < -0.4 is 9.80 Å². The van der Waals surface area contributed by atoms with E-state index in [1.54, 1.807) is 0 Å². The smallest absolute Gasteiger partial charge is 0.0743 e. The number of benzene rings is 11. The molecule has 0 amide bonds. The molecule has 0 radical (unpaired) electrons. The van der Waals surface area contributed by atoms with Gasteiger partial charge in [-0.25, -0.2) is 0 Å². The van der Waals surface area contributed by atoms with Crippen LogP contribution in [0.3, 0.4) is 0 Å². The first-order valence-electron chi connectivity index (χ1n) is 22.9. The Hall–Kier alpha value is -8.46. The van der Waals surface area contributed by atoms with Crippen LogP contribution in [-0.4, -0.2) is 0 Å². The fraction of sp³-hybridized carbons (Fsp3) is 0.0312. The van der Waals surface area contributed by atoms with Crippen molar-refractivity contribution in [2.45, 2.75) is 10.8 Å². The van der Waals surface area contributed by atoms with E-state index in [9.17, 15) is 0 Å². The number of fused-ring (bicyclic) bond motifs is 6. The molecule has 0 spiro atoms. The lowest BCUT2D eigenvalue weighted by Gasteiger charge is -2.51. The number of para-hydroxylation sites is 2. The molecule has 0 atom stereocenters. The monoisotopic (exact) mass is 840 g/mol. The molecule has 2 heterocycles. The molecule has 2 nitrogen and oxygen atoms in total. The van der Waals surface area contributed by atoms with E-state index in [2.05, 4.69) is 277 Å². The van der Waals surface area contributed by atoms with Crippen molar-refractivity contribution in [3.8, 4) is 0 Å². The first-order chi connectivity index (χ1) is 32.8. The summed E-state index contributed by atoms with van der Waals surface area (Å²) >= 11 is 0. The first kappa shape index (κ1) is 38.0. The highest BCUT2D eigenvalue weighted by Crippen LogP contribution is 2.64. The summed E-state index contributed by atoms with van der Waals surface area (Å²) in [7, 11) is 0. The molecule has 0 aliphatic carbocycles. The average molecular weight is 841 g/mol. The van der Waals surface area contributed by atoms with Crippen LogP contribution in [0.25, 0.3) is 21.5 Å². The zero-order valence-corrected chi connectivity index (χ0v) is 36.3. The Kier molecular flexibility index (Phi) is 8.69. The minimum absolute atomic E-state index is 0.714. The van der Waals surface area contributed by atoms with Crippen LogP contribution in [0.15, 0.2) is 267 Å². The van der Waals surface area contributed by atoms with Crippen molar-refractivity contribution in [2.24, 2.45) is 0 Å². The molecule has 2 aliphatic heterocycles. The normalized spacial score (nSPS) is 14.2. The molecule has 0 aromatic heterocycles. The maximum absolute atomic E-state index is 2.58. The summed E-state index contributed by atoms with van der Waals surface area (Å²) in [5.74, 6) is 0. The van der Waals surface area contributed by atoms with Gasteiger partial charge >= 0.3 is 0 Å². The number of anilines is 6. The maximum Gasteiger partial charge on any atom is 0.0743 e. The van der Waals surface area contributed by atoms with Crippen LogP contribution in [0.1, 0.15) is 44.5 Å². The quantitative estimate of drug-likeness (QED) is 0.165. The summed E-state index contributed by atoms with van der Waals surface area (Å²) in [6.07, 6.45) is 0. The van der Waals surface area contributed by atoms with Crippen LogP contribution in [0.5, 0.6) is 0 Å². The summed E-state index contributed by atoms with van der Waals surface area (Å²) in [5, 5.41) is 4.80. The molecule has 0 bridgehead atoms. The van der Waals surface area contributed by atoms with E-state index in [1.807, 2.05) is 0 Å². The van der Waals surface area contributed by atoms with Gasteiger partial charge in [0.15, 0.2) is 0 Å². The molecule has 66 heavy (non-hydrogen) atoms. The van der Waals surface area contributed by atoms with E-state index < -0.39 is 10.8 Å². The molecular formula is C64H44N2. The lowest BCUT2D eigenvalue weighted by Crippen LogP contribution is -2.41. The van der Waals surface area contributed by atoms with Gasteiger partial charge in [0, 0.05) is 10.8 Å². The number of rotatable bonds is 6. The Bertz CT molecular complexity index is 3270. The fourth-order valence-corrected chi connectivity index (χ4v) is 11.7. The minimum atomic E-state index is -0.714. The summed E-state index contributed by atoms with van der Waals surface area (Å²) in [5.41, 5.74) is 15.2. The third kappa shape index (κ3) is 5.36. The number of nitrogens with zero attached hydrogens (tertiary/aromatic N) is 2. The van der Waals surface area contributed by atoms with Gasteiger partial charge in [-0.2, -0.15) is 0 Å². The SMILES string of the molecule is c1ccc(C2(c3ccccc3)c3ccccc3N(c3cccc4ccccc34)c3cc4c(cc32)N(c2cccc3ccccc23)c2ccccc2C4(c2ccccc2)c2ccccc2)cc1. The largest absolute Gasteiger partial charge is 0.309 e. The van der Waals surface area contributed by atoms with Crippen molar-refractivity contribution in [1.29, 1.82) is 0 Å². The van der Waals surface area contributed by atoms with Crippen LogP contribution in [-0.2, 0) is 10.8 Å². The van der Waals surface area contributed by atoms with Gasteiger partial charge in [-0.15, -0.1) is 0 Å². The van der Waals surface area contributed by atoms with Crippen molar-refractivity contribution in [1.82, 2.24) is 0 Å². The van der Waals surface area contributed by atoms with E-state index in [0.29, 0.717) is 0 Å². The highest BCUT2D eigenvalue weighted by Gasteiger charge is 2.52. The van der Waals surface area contributed by atoms with Gasteiger partial charge in [0.1, 0.15) is 0 Å². The lowest BCUT2D eigenvalue weighted by molar-refractivity contribution is 0.711. The van der Waals surface area contributed by atoms with Gasteiger partial charge in [0.2, 0.25) is 0 Å². The van der Waals surface area contributed by atoms with Gasteiger partial charge in [-0.1, -0.05) is 231 Å². The second-order valence-electron chi connectivity index (χ2n) is 17.6. The van der Waals surface area contributed by atoms with Crippen molar-refractivity contribution in [2.75, 3.05) is 9.80 Å². The molecule has 310 valence electrons. The standard InChI is InChI=1S/C64H44N2/c1-5-27-47(28-6-1)63(48-29-7-2-8-30-48)53-37-17-19-39-59(53)65(57-41-21-25-45-23-13-15-35-51(45)57)61-44-56-62(43-55(61)63)66(58-42-22-26-46-24-14-16-36-52(46)58)60-40-20-18-38-54(60)64(56,49-31-9-3-10-32-49)50-33-11-4-12-34-50/h1-44H. The third-order valence-electron chi connectivity index (χ3n) is 14.3. The van der Waals surface area contributed by atoms with Crippen LogP contribution >= 0.6 is 0 Å². The molecular weight excluding hydrogens is 797 g/mol. The average Bonchev–Trinajstić information content (AvgIpc) is 3.40. The first-order valence-corrected chi connectivity index (χ1v) is 22.9. The van der Waals surface area contributed by atoms with Crippen LogP contribution in [0, 0.1) is 0 Å². The molecule has 0 unspecified atom stereocenters. The number of hydrogen-bond donors (Lipinski definition) is 0. The van der Waals surface area contributed by atoms with E-state index in [4.69, 9.17) is 0 Å². The zero-order chi connectivity index (χ0) is 43.7. The summed E-state index contributed by atoms with van der Waals surface area (Å²) in [6.45, 7) is 0. The van der Waals surface area contributed by atoms with Gasteiger partial charge in [0.25, 0.3) is 0 Å². The molecule has 0 N–H and O–H groups in total. The second-order valence-corrected chi connectivity index (χ2v) is 17.6. The van der Waals surface area contributed by atoms with Gasteiger partial charge < -0.3 is 9.80 Å². The highest BCUT2D eigenvalue weighted by molar-refractivity contribution is 6.05. The van der Waals surface area contributed by atoms with E-state index in [-0.39, 0.29) is 0 Å². The van der Waals surface area contributed by atoms with Gasteiger partial charge in [-0.3, -0.25) is 0 Å². The van der Waals surface area contributed by atoms with Crippen molar-refractivity contribution in [3.05, 3.63) is 311 Å². The predicted molar refractivity (Wildman–Crippen MR) is 275 cm³/mol. The number of hydrogen-bond acceptors (Lipinski definition) is 2. The third-order valence-corrected chi connectivity index (χ3v) is 14.3. The summed E-state index contributed by atoms with van der Waals surface area (Å²) in [6, 6.07) is 99.4. The Morgan fingerprint density at radius 1 is 0.212 bits per heavy atom. The summed E-state index contributed by atoms with van der Waals surface area (Å²) < 4.78 is 0. The second kappa shape index (κ2) is 15.1. The molecule has 0 saturated carbocycles. The molecule has 13 rings (SSSR count). The van der Waals surface area contributed by atoms with Crippen molar-refractivity contribution >= 4 is 55.7 Å². The Balaban J connectivity index is 1.28. The maximum atomic E-state index is 2.58. The van der Waals surface area contributed by atoms with E-state index >= 15 is 0 Å². The Morgan fingerprint density at radius 2 is 0.500 bits per heavy atom. The Labute approximate surface area is 385 Å². The lowest BCUT2D eigenvalue weighted by atomic mass is 9.59. The van der Waals surface area contributed by atoms with Gasteiger partial charge in [0.05, 0.1) is 45.0 Å². The molecule has 2 aliphatic rings. The zero-order valence-electron chi connectivity index (χ0n) is 36.3.